The molecule has 0 aromatic rings. The highest BCUT2D eigenvalue weighted by molar-refractivity contribution is 5.82. The molecule has 0 aromatic heterocycles. The van der Waals surface area contributed by atoms with E-state index in [4.69, 9.17) is 4.74 Å². The minimum atomic E-state index is -1.75. The number of nitrogens with zero attached hydrogens (tertiary/aromatic N) is 2. The Hall–Kier alpha value is -1.96. The topological polar surface area (TPSA) is 61.9 Å². The first-order chi connectivity index (χ1) is 13.3. The molecule has 0 saturated carbocycles. The number of piperidine rings is 1. The van der Waals surface area contributed by atoms with Crippen LogP contribution < -0.4 is 5.32 Å². The smallest absolute Gasteiger partial charge is 0.265 e. The Balaban J connectivity index is 1.45. The number of alkyl halides is 2. The Kier molecular flexibility index (Phi) is 6.69. The molecule has 8 heteroatoms. The van der Waals surface area contributed by atoms with Gasteiger partial charge in [0.05, 0.1) is 5.70 Å². The van der Waals surface area contributed by atoms with Crippen molar-refractivity contribution in [1.29, 1.82) is 0 Å². The summed E-state index contributed by atoms with van der Waals surface area (Å²) in [7, 11) is 0. The number of halogens is 2. The first-order valence-corrected chi connectivity index (χ1v) is 10.0. The van der Waals surface area contributed by atoms with Gasteiger partial charge in [-0.15, -0.1) is 0 Å². The molecule has 6 nitrogen and oxygen atoms in total. The van der Waals surface area contributed by atoms with E-state index in [9.17, 15) is 18.4 Å². The fourth-order valence-electron chi connectivity index (χ4n) is 3.71. The van der Waals surface area contributed by atoms with Crippen LogP contribution in [-0.4, -0.2) is 72.8 Å². The second-order valence-electron chi connectivity index (χ2n) is 7.94. The summed E-state index contributed by atoms with van der Waals surface area (Å²) in [5, 5.41) is 3.08. The summed E-state index contributed by atoms with van der Waals surface area (Å²) in [5.74, 6) is 0.106. The van der Waals surface area contributed by atoms with Crippen molar-refractivity contribution in [3.63, 3.8) is 0 Å². The van der Waals surface area contributed by atoms with E-state index in [1.165, 1.54) is 4.90 Å². The number of hydrogen-bond acceptors (Lipinski definition) is 4. The minimum Gasteiger partial charge on any atom is -0.482 e. The molecule has 3 aliphatic rings. The largest absolute Gasteiger partial charge is 0.482 e. The van der Waals surface area contributed by atoms with E-state index < -0.39 is 12.3 Å². The van der Waals surface area contributed by atoms with Crippen LogP contribution in [-0.2, 0) is 14.3 Å². The van der Waals surface area contributed by atoms with Crippen molar-refractivity contribution in [2.75, 3.05) is 32.8 Å². The molecule has 2 atom stereocenters. The van der Waals surface area contributed by atoms with Crippen LogP contribution in [0.4, 0.5) is 8.78 Å². The van der Waals surface area contributed by atoms with Crippen molar-refractivity contribution in [1.82, 2.24) is 15.1 Å². The van der Waals surface area contributed by atoms with E-state index in [1.807, 2.05) is 13.8 Å². The van der Waals surface area contributed by atoms with Crippen molar-refractivity contribution in [2.45, 2.75) is 51.5 Å². The molecular formula is C20H29F2N3O3. The van der Waals surface area contributed by atoms with Gasteiger partial charge in [0, 0.05) is 31.6 Å². The molecule has 156 valence electrons. The van der Waals surface area contributed by atoms with Gasteiger partial charge in [0.15, 0.2) is 19.0 Å². The van der Waals surface area contributed by atoms with E-state index in [2.05, 4.69) is 10.2 Å². The summed E-state index contributed by atoms with van der Waals surface area (Å²) in [5.41, 5.74) is 0.341. The lowest BCUT2D eigenvalue weighted by molar-refractivity contribution is -0.136. The monoisotopic (exact) mass is 397 g/mol. The maximum Gasteiger partial charge on any atom is 0.265 e. The second kappa shape index (κ2) is 9.03. The third kappa shape index (κ3) is 4.90. The number of amides is 2. The van der Waals surface area contributed by atoms with E-state index in [1.54, 1.807) is 0 Å². The van der Waals surface area contributed by atoms with E-state index >= 15 is 0 Å². The molecule has 2 heterocycles. The van der Waals surface area contributed by atoms with E-state index in [0.29, 0.717) is 12.2 Å². The molecule has 0 radical (unpaired) electrons. The highest BCUT2D eigenvalue weighted by Gasteiger charge is 2.34. The summed E-state index contributed by atoms with van der Waals surface area (Å²) in [4.78, 5) is 27.8. The van der Waals surface area contributed by atoms with Gasteiger partial charge < -0.3 is 19.9 Å². The van der Waals surface area contributed by atoms with Gasteiger partial charge >= 0.3 is 0 Å². The van der Waals surface area contributed by atoms with Crippen LogP contribution in [0.3, 0.4) is 0 Å². The molecule has 0 bridgehead atoms. The zero-order valence-electron chi connectivity index (χ0n) is 16.5. The number of fused-ring (bicyclic) bond motifs is 1. The number of nitrogens with one attached hydrogen (secondary N) is 1. The van der Waals surface area contributed by atoms with Crippen molar-refractivity contribution < 1.29 is 23.1 Å². The molecule has 2 saturated heterocycles. The van der Waals surface area contributed by atoms with Crippen LogP contribution in [0.15, 0.2) is 23.6 Å². The van der Waals surface area contributed by atoms with E-state index in [-0.39, 0.29) is 36.1 Å². The number of morpholine rings is 1. The van der Waals surface area contributed by atoms with Crippen LogP contribution in [0, 0.1) is 5.92 Å². The van der Waals surface area contributed by atoms with Gasteiger partial charge in [-0.2, -0.15) is 0 Å². The predicted molar refractivity (Wildman–Crippen MR) is 101 cm³/mol. The molecule has 0 spiro atoms. The number of carbonyl (C=O) groups excluding carboxylic acids is 2. The molecule has 3 rings (SSSR count). The molecule has 2 amide bonds. The second-order valence-corrected chi connectivity index (χ2v) is 7.94. The standard InChI is InChI=1S/C20H29F2N3O3/c1-13(2)20(27)23-14-4-8-24(9-5-14)6-3-7-25-17-10-15(21)16(22)11-18(17)28-12-19(25)26/h10-11,13-16H,3-9,12H2,1-2H3,(H,23,27). The van der Waals surface area contributed by atoms with Crippen LogP contribution in [0.25, 0.3) is 0 Å². The van der Waals surface area contributed by atoms with Crippen molar-refractivity contribution in [2.24, 2.45) is 5.92 Å². The molecule has 28 heavy (non-hydrogen) atoms. The van der Waals surface area contributed by atoms with Crippen molar-refractivity contribution in [3.05, 3.63) is 23.6 Å². The van der Waals surface area contributed by atoms with Gasteiger partial charge in [-0.05, 0) is 38.0 Å². The SMILES string of the molecule is CC(C)C(=O)NC1CCN(CCCN2C(=O)COC3=CC(F)C(F)C=C32)CC1. The summed E-state index contributed by atoms with van der Waals surface area (Å²) < 4.78 is 32.5. The highest BCUT2D eigenvalue weighted by Crippen LogP contribution is 2.30. The summed E-state index contributed by atoms with van der Waals surface area (Å²) in [6.45, 7) is 6.67. The zero-order valence-corrected chi connectivity index (χ0v) is 16.5. The maximum absolute atomic E-state index is 13.7. The zero-order chi connectivity index (χ0) is 20.3. The minimum absolute atomic E-state index is 0.00582. The highest BCUT2D eigenvalue weighted by atomic mass is 19.2. The molecule has 1 N–H and O–H groups in total. The number of ether oxygens (including phenoxy) is 1. The van der Waals surface area contributed by atoms with Crippen LogP contribution in [0.2, 0.25) is 0 Å². The molecular weight excluding hydrogens is 368 g/mol. The molecule has 2 fully saturated rings. The fourth-order valence-corrected chi connectivity index (χ4v) is 3.71. The van der Waals surface area contributed by atoms with Gasteiger partial charge in [0.1, 0.15) is 5.76 Å². The van der Waals surface area contributed by atoms with E-state index in [0.717, 1.165) is 51.0 Å². The van der Waals surface area contributed by atoms with Crippen LogP contribution >= 0.6 is 0 Å². The lowest BCUT2D eigenvalue weighted by Gasteiger charge is -2.36. The van der Waals surface area contributed by atoms with Crippen LogP contribution in [0.1, 0.15) is 33.1 Å². The average molecular weight is 397 g/mol. The van der Waals surface area contributed by atoms with Crippen molar-refractivity contribution in [3.8, 4) is 0 Å². The first-order valence-electron chi connectivity index (χ1n) is 10.0. The number of allylic oxidation sites excluding steroid dienone is 2. The molecule has 2 unspecified atom stereocenters. The van der Waals surface area contributed by atoms with Gasteiger partial charge in [0.25, 0.3) is 5.91 Å². The lowest BCUT2D eigenvalue weighted by Crippen LogP contribution is -2.46. The number of hydrogen-bond donors (Lipinski definition) is 1. The molecule has 0 aromatic carbocycles. The number of rotatable bonds is 6. The fraction of sp³-hybridized carbons (Fsp3) is 0.700. The maximum atomic E-state index is 13.7. The quantitative estimate of drug-likeness (QED) is 0.744. The predicted octanol–water partition coefficient (Wildman–Crippen LogP) is 1.93. The van der Waals surface area contributed by atoms with Crippen LogP contribution in [0.5, 0.6) is 0 Å². The Labute approximate surface area is 164 Å². The average Bonchev–Trinajstić information content (AvgIpc) is 2.66. The lowest BCUT2D eigenvalue weighted by atomic mass is 10.0. The van der Waals surface area contributed by atoms with Crippen molar-refractivity contribution >= 4 is 11.8 Å². The number of carbonyl (C=O) groups is 2. The third-order valence-corrected chi connectivity index (χ3v) is 5.44. The summed E-state index contributed by atoms with van der Waals surface area (Å²) in [6, 6.07) is 0.224. The summed E-state index contributed by atoms with van der Waals surface area (Å²) >= 11 is 0. The molecule has 1 aliphatic carbocycles. The Morgan fingerprint density at radius 3 is 2.57 bits per heavy atom. The summed E-state index contributed by atoms with van der Waals surface area (Å²) in [6.07, 6.45) is 1.32. The van der Waals surface area contributed by atoms with Gasteiger partial charge in [-0.25, -0.2) is 8.78 Å². The van der Waals surface area contributed by atoms with Gasteiger partial charge in [-0.3, -0.25) is 9.59 Å². The Bertz CT molecular complexity index is 657. The Morgan fingerprint density at radius 1 is 1.21 bits per heavy atom. The number of likely N-dealkylation sites (tertiary alicyclic amines) is 1. The van der Waals surface area contributed by atoms with Gasteiger partial charge in [-0.1, -0.05) is 13.8 Å². The Morgan fingerprint density at radius 2 is 1.89 bits per heavy atom. The third-order valence-electron chi connectivity index (χ3n) is 5.44. The normalized spacial score (nSPS) is 26.5. The van der Waals surface area contributed by atoms with Gasteiger partial charge in [0.2, 0.25) is 5.91 Å². The first kappa shape index (κ1) is 20.8. The molecule has 2 aliphatic heterocycles.